The monoisotopic (exact) mass is 214 g/mol. The van der Waals surface area contributed by atoms with Gasteiger partial charge in [-0.2, -0.15) is 0 Å². The Morgan fingerprint density at radius 1 is 1.36 bits per heavy atom. The largest absolute Gasteiger partial charge is 0.508 e. The first kappa shape index (κ1) is 11.0. The van der Waals surface area contributed by atoms with Gasteiger partial charge < -0.3 is 5.11 Å². The van der Waals surface area contributed by atoms with Gasteiger partial charge in [0.15, 0.2) is 9.84 Å². The molecule has 1 aromatic carbocycles. The van der Waals surface area contributed by atoms with E-state index in [9.17, 15) is 13.5 Å². The van der Waals surface area contributed by atoms with E-state index in [1.54, 1.807) is 0 Å². The first-order chi connectivity index (χ1) is 6.45. The summed E-state index contributed by atoms with van der Waals surface area (Å²) in [5.74, 6) is 0.166. The maximum atomic E-state index is 11.2. The molecular weight excluding hydrogens is 200 g/mol. The van der Waals surface area contributed by atoms with Crippen molar-refractivity contribution in [2.24, 2.45) is 0 Å². The molecule has 0 aliphatic rings. The molecule has 0 aliphatic heterocycles. The normalized spacial score (nSPS) is 11.6. The van der Waals surface area contributed by atoms with Crippen LogP contribution in [0.15, 0.2) is 23.1 Å². The summed E-state index contributed by atoms with van der Waals surface area (Å²) in [6.07, 6.45) is 2.73. The van der Waals surface area contributed by atoms with Gasteiger partial charge in [0.05, 0.1) is 4.90 Å². The van der Waals surface area contributed by atoms with E-state index in [2.05, 4.69) is 0 Å². The molecule has 0 amide bonds. The second kappa shape index (κ2) is 4.00. The number of sulfone groups is 1. The van der Waals surface area contributed by atoms with Crippen LogP contribution in [0, 0.1) is 0 Å². The lowest BCUT2D eigenvalue weighted by Crippen LogP contribution is -1.98. The second-order valence-corrected chi connectivity index (χ2v) is 5.33. The van der Waals surface area contributed by atoms with Crippen LogP contribution in [0.4, 0.5) is 0 Å². The fourth-order valence-corrected chi connectivity index (χ4v) is 1.93. The highest BCUT2D eigenvalue weighted by Crippen LogP contribution is 2.22. The Balaban J connectivity index is 3.20. The predicted octanol–water partition coefficient (Wildman–Crippen LogP) is 1.75. The average Bonchev–Trinajstić information content (AvgIpc) is 2.07. The molecule has 0 fully saturated rings. The van der Waals surface area contributed by atoms with Crippen molar-refractivity contribution >= 4 is 9.84 Å². The minimum absolute atomic E-state index is 0.166. The van der Waals surface area contributed by atoms with E-state index < -0.39 is 9.84 Å². The summed E-state index contributed by atoms with van der Waals surface area (Å²) >= 11 is 0. The van der Waals surface area contributed by atoms with E-state index in [0.717, 1.165) is 12.7 Å². The van der Waals surface area contributed by atoms with E-state index in [1.165, 1.54) is 18.2 Å². The van der Waals surface area contributed by atoms with Gasteiger partial charge >= 0.3 is 0 Å². The smallest absolute Gasteiger partial charge is 0.175 e. The lowest BCUT2D eigenvalue weighted by molar-refractivity contribution is 0.467. The van der Waals surface area contributed by atoms with E-state index in [-0.39, 0.29) is 10.6 Å². The molecule has 0 unspecified atom stereocenters. The summed E-state index contributed by atoms with van der Waals surface area (Å²) < 4.78 is 22.4. The Kier molecular flexibility index (Phi) is 3.16. The lowest BCUT2D eigenvalue weighted by Gasteiger charge is -2.05. The lowest BCUT2D eigenvalue weighted by atomic mass is 10.1. The van der Waals surface area contributed by atoms with Crippen molar-refractivity contribution in [2.75, 3.05) is 6.26 Å². The predicted molar refractivity (Wildman–Crippen MR) is 55.2 cm³/mol. The van der Waals surface area contributed by atoms with Crippen LogP contribution in [0.1, 0.15) is 18.9 Å². The Morgan fingerprint density at radius 3 is 2.50 bits per heavy atom. The van der Waals surface area contributed by atoms with Gasteiger partial charge in [0.1, 0.15) is 5.75 Å². The average molecular weight is 214 g/mol. The van der Waals surface area contributed by atoms with Crippen LogP contribution in [0.3, 0.4) is 0 Å². The molecule has 14 heavy (non-hydrogen) atoms. The highest BCUT2D eigenvalue weighted by molar-refractivity contribution is 7.90. The van der Waals surface area contributed by atoms with Crippen LogP contribution in [0.2, 0.25) is 0 Å². The molecule has 0 aliphatic carbocycles. The fraction of sp³-hybridized carbons (Fsp3) is 0.400. The van der Waals surface area contributed by atoms with E-state index >= 15 is 0 Å². The van der Waals surface area contributed by atoms with Crippen LogP contribution in [-0.2, 0) is 16.3 Å². The fourth-order valence-electron chi connectivity index (χ4n) is 1.26. The highest BCUT2D eigenvalue weighted by atomic mass is 32.2. The van der Waals surface area contributed by atoms with Crippen molar-refractivity contribution in [1.82, 2.24) is 0 Å². The third kappa shape index (κ3) is 2.48. The van der Waals surface area contributed by atoms with Gasteiger partial charge in [-0.3, -0.25) is 0 Å². The van der Waals surface area contributed by atoms with E-state index in [0.29, 0.717) is 12.0 Å². The number of benzene rings is 1. The molecule has 1 aromatic rings. The molecule has 0 bridgehead atoms. The van der Waals surface area contributed by atoms with Crippen LogP contribution in [-0.4, -0.2) is 19.8 Å². The van der Waals surface area contributed by atoms with Gasteiger partial charge in [0.25, 0.3) is 0 Å². The summed E-state index contributed by atoms with van der Waals surface area (Å²) in [5.41, 5.74) is 0.690. The Hall–Kier alpha value is -1.03. The van der Waals surface area contributed by atoms with Gasteiger partial charge in [-0.05, 0) is 30.2 Å². The van der Waals surface area contributed by atoms with Crippen molar-refractivity contribution in [3.63, 3.8) is 0 Å². The standard InChI is InChI=1S/C10H14O3S/c1-3-4-8-7-9(14(2,12)13)5-6-10(8)11/h5-7,11H,3-4H2,1-2H3. The molecule has 0 spiro atoms. The number of rotatable bonds is 3. The van der Waals surface area contributed by atoms with Crippen LogP contribution >= 0.6 is 0 Å². The topological polar surface area (TPSA) is 54.4 Å². The molecule has 1 N–H and O–H groups in total. The van der Waals surface area contributed by atoms with E-state index in [1.807, 2.05) is 6.92 Å². The molecule has 3 nitrogen and oxygen atoms in total. The van der Waals surface area contributed by atoms with Crippen LogP contribution in [0.5, 0.6) is 5.75 Å². The summed E-state index contributed by atoms with van der Waals surface area (Å²) in [7, 11) is -3.17. The molecule has 1 rings (SSSR count). The van der Waals surface area contributed by atoms with Crippen molar-refractivity contribution in [1.29, 1.82) is 0 Å². The van der Waals surface area contributed by atoms with Crippen molar-refractivity contribution in [2.45, 2.75) is 24.7 Å². The third-order valence-corrected chi connectivity index (χ3v) is 3.11. The van der Waals surface area contributed by atoms with Gasteiger partial charge in [0, 0.05) is 6.26 Å². The molecule has 0 aromatic heterocycles. The van der Waals surface area contributed by atoms with Gasteiger partial charge in [-0.25, -0.2) is 8.42 Å². The van der Waals surface area contributed by atoms with Crippen LogP contribution in [0.25, 0.3) is 0 Å². The summed E-state index contributed by atoms with van der Waals surface area (Å²) in [4.78, 5) is 0.263. The summed E-state index contributed by atoms with van der Waals surface area (Å²) in [6.45, 7) is 1.98. The number of hydrogen-bond donors (Lipinski definition) is 1. The van der Waals surface area contributed by atoms with Crippen LogP contribution < -0.4 is 0 Å². The molecule has 0 heterocycles. The maximum absolute atomic E-state index is 11.2. The van der Waals surface area contributed by atoms with Gasteiger partial charge in [0.2, 0.25) is 0 Å². The molecular formula is C10H14O3S. The van der Waals surface area contributed by atoms with Crippen molar-refractivity contribution in [3.8, 4) is 5.75 Å². The van der Waals surface area contributed by atoms with Gasteiger partial charge in [-0.15, -0.1) is 0 Å². The molecule has 0 saturated carbocycles. The zero-order chi connectivity index (χ0) is 10.8. The third-order valence-electron chi connectivity index (χ3n) is 2.00. The number of phenolic OH excluding ortho intramolecular Hbond substituents is 1. The molecule has 4 heteroatoms. The minimum atomic E-state index is -3.17. The molecule has 78 valence electrons. The van der Waals surface area contributed by atoms with Gasteiger partial charge in [-0.1, -0.05) is 13.3 Å². The summed E-state index contributed by atoms with van der Waals surface area (Å²) in [5, 5.41) is 9.44. The Morgan fingerprint density at radius 2 is 2.00 bits per heavy atom. The number of aryl methyl sites for hydroxylation is 1. The first-order valence-corrected chi connectivity index (χ1v) is 6.36. The SMILES string of the molecule is CCCc1cc(S(C)(=O)=O)ccc1O. The van der Waals surface area contributed by atoms with E-state index in [4.69, 9.17) is 0 Å². The number of hydrogen-bond acceptors (Lipinski definition) is 3. The highest BCUT2D eigenvalue weighted by Gasteiger charge is 2.09. The Labute approximate surface area is 84.3 Å². The second-order valence-electron chi connectivity index (χ2n) is 3.31. The minimum Gasteiger partial charge on any atom is -0.508 e. The molecule has 0 atom stereocenters. The zero-order valence-electron chi connectivity index (χ0n) is 8.32. The first-order valence-electron chi connectivity index (χ1n) is 4.47. The number of aromatic hydroxyl groups is 1. The zero-order valence-corrected chi connectivity index (χ0v) is 9.13. The van der Waals surface area contributed by atoms with Crippen molar-refractivity contribution in [3.05, 3.63) is 23.8 Å². The van der Waals surface area contributed by atoms with Crippen molar-refractivity contribution < 1.29 is 13.5 Å². The number of phenols is 1. The molecule has 0 saturated heterocycles. The quantitative estimate of drug-likeness (QED) is 0.834. The maximum Gasteiger partial charge on any atom is 0.175 e. The Bertz CT molecular complexity index is 421. The summed E-state index contributed by atoms with van der Waals surface area (Å²) in [6, 6.07) is 4.39. The molecule has 0 radical (unpaired) electrons.